The Balaban J connectivity index is 2.93. The number of rotatable bonds is 5. The molecule has 1 aromatic carbocycles. The molecule has 0 aliphatic heterocycles. The molecule has 0 unspecified atom stereocenters. The fourth-order valence-electron chi connectivity index (χ4n) is 1.50. The summed E-state index contributed by atoms with van der Waals surface area (Å²) in [5.74, 6) is -0.626. The molecule has 0 amide bonds. The number of hydrogen-bond donors (Lipinski definition) is 0. The van der Waals surface area contributed by atoms with E-state index >= 15 is 0 Å². The standard InChI is InChI=1S/C12H13NO5/c1-8(14)7-12(18-9(2)15)10-3-5-11(6-4-10)13(16)17/h3-6,12H,7H2,1-2H3/t12-/m1/s1. The Bertz CT molecular complexity index is 450. The Labute approximate surface area is 104 Å². The highest BCUT2D eigenvalue weighted by atomic mass is 16.6. The summed E-state index contributed by atoms with van der Waals surface area (Å²) in [7, 11) is 0. The van der Waals surface area contributed by atoms with E-state index in [1.54, 1.807) is 0 Å². The van der Waals surface area contributed by atoms with Crippen LogP contribution in [0.2, 0.25) is 0 Å². The average Bonchev–Trinajstić information content (AvgIpc) is 2.27. The van der Waals surface area contributed by atoms with Crippen LogP contribution in [0.25, 0.3) is 0 Å². The van der Waals surface area contributed by atoms with E-state index in [2.05, 4.69) is 0 Å². The van der Waals surface area contributed by atoms with Gasteiger partial charge in [0, 0.05) is 25.5 Å². The summed E-state index contributed by atoms with van der Waals surface area (Å²) in [5, 5.41) is 10.5. The van der Waals surface area contributed by atoms with E-state index in [4.69, 9.17) is 4.74 Å². The number of nitro benzene ring substituents is 1. The number of carbonyl (C=O) groups excluding carboxylic acids is 2. The molecule has 0 aliphatic rings. The van der Waals surface area contributed by atoms with Crippen molar-refractivity contribution < 1.29 is 19.2 Å². The van der Waals surface area contributed by atoms with Crippen LogP contribution in [-0.4, -0.2) is 16.7 Å². The lowest BCUT2D eigenvalue weighted by molar-refractivity contribution is -0.384. The number of ether oxygens (including phenoxy) is 1. The molecular weight excluding hydrogens is 238 g/mol. The Kier molecular flexibility index (Phi) is 4.53. The van der Waals surface area contributed by atoms with Gasteiger partial charge in [0.1, 0.15) is 11.9 Å². The third-order valence-electron chi connectivity index (χ3n) is 2.26. The van der Waals surface area contributed by atoms with E-state index in [1.165, 1.54) is 38.1 Å². The van der Waals surface area contributed by atoms with Crippen LogP contribution in [0.4, 0.5) is 5.69 Å². The number of esters is 1. The summed E-state index contributed by atoms with van der Waals surface area (Å²) in [6, 6.07) is 5.58. The average molecular weight is 251 g/mol. The first-order valence-corrected chi connectivity index (χ1v) is 5.31. The zero-order valence-corrected chi connectivity index (χ0v) is 10.1. The molecule has 0 saturated heterocycles. The molecule has 0 spiro atoms. The zero-order chi connectivity index (χ0) is 13.7. The van der Waals surface area contributed by atoms with Crippen LogP contribution in [0, 0.1) is 10.1 Å². The van der Waals surface area contributed by atoms with Gasteiger partial charge in [0.2, 0.25) is 0 Å². The third-order valence-corrected chi connectivity index (χ3v) is 2.26. The van der Waals surface area contributed by atoms with Crippen LogP contribution in [0.3, 0.4) is 0 Å². The van der Waals surface area contributed by atoms with E-state index < -0.39 is 17.0 Å². The van der Waals surface area contributed by atoms with Gasteiger partial charge in [0.05, 0.1) is 4.92 Å². The highest BCUT2D eigenvalue weighted by molar-refractivity contribution is 5.77. The van der Waals surface area contributed by atoms with Gasteiger partial charge in [-0.25, -0.2) is 0 Å². The summed E-state index contributed by atoms with van der Waals surface area (Å²) in [6.07, 6.45) is -0.641. The highest BCUT2D eigenvalue weighted by Crippen LogP contribution is 2.24. The van der Waals surface area contributed by atoms with Crippen molar-refractivity contribution in [3.63, 3.8) is 0 Å². The number of hydrogen-bond acceptors (Lipinski definition) is 5. The molecule has 0 aliphatic carbocycles. The monoisotopic (exact) mass is 251 g/mol. The first-order chi connectivity index (χ1) is 8.40. The second-order valence-electron chi connectivity index (χ2n) is 3.85. The molecule has 1 atom stereocenters. The Hall–Kier alpha value is -2.24. The molecule has 18 heavy (non-hydrogen) atoms. The fraction of sp³-hybridized carbons (Fsp3) is 0.333. The molecule has 96 valence electrons. The predicted molar refractivity (Wildman–Crippen MR) is 62.9 cm³/mol. The third kappa shape index (κ3) is 3.97. The van der Waals surface area contributed by atoms with Crippen molar-refractivity contribution in [2.24, 2.45) is 0 Å². The van der Waals surface area contributed by atoms with Crippen molar-refractivity contribution in [3.05, 3.63) is 39.9 Å². The van der Waals surface area contributed by atoms with Crippen LogP contribution in [0.15, 0.2) is 24.3 Å². The van der Waals surface area contributed by atoms with Crippen LogP contribution in [-0.2, 0) is 14.3 Å². The molecule has 0 heterocycles. The molecule has 0 aromatic heterocycles. The molecule has 1 rings (SSSR count). The lowest BCUT2D eigenvalue weighted by Gasteiger charge is -2.15. The zero-order valence-electron chi connectivity index (χ0n) is 10.1. The van der Waals surface area contributed by atoms with E-state index in [-0.39, 0.29) is 17.9 Å². The molecule has 6 nitrogen and oxygen atoms in total. The van der Waals surface area contributed by atoms with Gasteiger partial charge < -0.3 is 4.74 Å². The minimum Gasteiger partial charge on any atom is -0.457 e. The van der Waals surface area contributed by atoms with Crippen LogP contribution >= 0.6 is 0 Å². The summed E-state index contributed by atoms with van der Waals surface area (Å²) < 4.78 is 5.02. The van der Waals surface area contributed by atoms with Crippen molar-refractivity contribution in [2.75, 3.05) is 0 Å². The van der Waals surface area contributed by atoms with Gasteiger partial charge in [-0.1, -0.05) is 0 Å². The predicted octanol–water partition coefficient (Wildman–Crippen LogP) is 2.18. The van der Waals surface area contributed by atoms with E-state index in [1.807, 2.05) is 0 Å². The van der Waals surface area contributed by atoms with Gasteiger partial charge in [0.15, 0.2) is 0 Å². The fourth-order valence-corrected chi connectivity index (χ4v) is 1.50. The number of nitro groups is 1. The highest BCUT2D eigenvalue weighted by Gasteiger charge is 2.18. The first kappa shape index (κ1) is 13.8. The Morgan fingerprint density at radius 2 is 1.83 bits per heavy atom. The van der Waals surface area contributed by atoms with Gasteiger partial charge in [-0.2, -0.15) is 0 Å². The molecule has 6 heteroatoms. The second-order valence-corrected chi connectivity index (χ2v) is 3.85. The maximum Gasteiger partial charge on any atom is 0.303 e. The number of Topliss-reactive ketones (excluding diaryl/α,β-unsaturated/α-hetero) is 1. The van der Waals surface area contributed by atoms with Crippen LogP contribution in [0.5, 0.6) is 0 Å². The number of non-ortho nitro benzene ring substituents is 1. The lowest BCUT2D eigenvalue weighted by Crippen LogP contribution is -2.11. The lowest BCUT2D eigenvalue weighted by atomic mass is 10.0. The van der Waals surface area contributed by atoms with Crippen LogP contribution in [0.1, 0.15) is 31.9 Å². The summed E-state index contributed by atoms with van der Waals surface area (Å²) in [4.78, 5) is 32.0. The summed E-state index contributed by atoms with van der Waals surface area (Å²) >= 11 is 0. The van der Waals surface area contributed by atoms with Crippen molar-refractivity contribution in [2.45, 2.75) is 26.4 Å². The van der Waals surface area contributed by atoms with Gasteiger partial charge >= 0.3 is 5.97 Å². The topological polar surface area (TPSA) is 86.5 Å². The molecule has 0 N–H and O–H groups in total. The smallest absolute Gasteiger partial charge is 0.303 e. The van der Waals surface area contributed by atoms with Gasteiger partial charge in [-0.15, -0.1) is 0 Å². The number of ketones is 1. The first-order valence-electron chi connectivity index (χ1n) is 5.31. The molecule has 0 bridgehead atoms. The maximum absolute atomic E-state index is 11.1. The van der Waals surface area contributed by atoms with E-state index in [0.717, 1.165) is 0 Å². The molecule has 1 aromatic rings. The molecular formula is C12H13NO5. The van der Waals surface area contributed by atoms with E-state index in [9.17, 15) is 19.7 Å². The summed E-state index contributed by atoms with van der Waals surface area (Å²) in [6.45, 7) is 2.64. The molecule has 0 fully saturated rings. The van der Waals surface area contributed by atoms with Gasteiger partial charge in [-0.3, -0.25) is 19.7 Å². The molecule has 0 radical (unpaired) electrons. The largest absolute Gasteiger partial charge is 0.457 e. The normalized spacial score (nSPS) is 11.7. The Morgan fingerprint density at radius 3 is 2.22 bits per heavy atom. The van der Waals surface area contributed by atoms with Gasteiger partial charge in [0.25, 0.3) is 5.69 Å². The number of carbonyl (C=O) groups is 2. The Morgan fingerprint density at radius 1 is 1.28 bits per heavy atom. The van der Waals surface area contributed by atoms with Crippen LogP contribution < -0.4 is 0 Å². The van der Waals surface area contributed by atoms with E-state index in [0.29, 0.717) is 5.56 Å². The summed E-state index contributed by atoms with van der Waals surface area (Å²) in [5.41, 5.74) is 0.508. The minimum absolute atomic E-state index is 0.0526. The SMILES string of the molecule is CC(=O)C[C@@H](OC(C)=O)c1ccc([N+](=O)[O-])cc1. The van der Waals surface area contributed by atoms with Crippen molar-refractivity contribution in [1.82, 2.24) is 0 Å². The number of nitrogens with zero attached hydrogens (tertiary/aromatic N) is 1. The molecule has 0 saturated carbocycles. The second kappa shape index (κ2) is 5.90. The maximum atomic E-state index is 11.1. The minimum atomic E-state index is -0.694. The van der Waals surface area contributed by atoms with Crippen molar-refractivity contribution >= 4 is 17.4 Å². The van der Waals surface area contributed by atoms with Crippen molar-refractivity contribution in [1.29, 1.82) is 0 Å². The number of benzene rings is 1. The quantitative estimate of drug-likeness (QED) is 0.454. The van der Waals surface area contributed by atoms with Crippen molar-refractivity contribution in [3.8, 4) is 0 Å². The van der Waals surface area contributed by atoms with Gasteiger partial charge in [-0.05, 0) is 24.6 Å².